The molecule has 50 heavy (non-hydrogen) atoms. The minimum Gasteiger partial charge on any atom is -0.453 e. The Hall–Kier alpha value is -4.38. The molecule has 2 fully saturated rings. The molecule has 2 aliphatic heterocycles. The molecule has 0 spiro atoms. The summed E-state index contributed by atoms with van der Waals surface area (Å²) in [5, 5.41) is 12.4. The van der Waals surface area contributed by atoms with Crippen LogP contribution in [0, 0.1) is 0 Å². The average molecular weight is 678 g/mol. The summed E-state index contributed by atoms with van der Waals surface area (Å²) >= 11 is 0. The molecule has 0 radical (unpaired) electrons. The summed E-state index contributed by atoms with van der Waals surface area (Å²) in [7, 11) is 0. The molecule has 0 aliphatic carbocycles. The number of aliphatic hydroxyl groups excluding tert-OH is 1. The van der Waals surface area contributed by atoms with Crippen LogP contribution in [-0.4, -0.2) is 71.7 Å². The topological polar surface area (TPSA) is 101 Å². The van der Waals surface area contributed by atoms with E-state index >= 15 is 0 Å². The van der Waals surface area contributed by atoms with Crippen molar-refractivity contribution < 1.29 is 28.9 Å². The van der Waals surface area contributed by atoms with E-state index in [0.29, 0.717) is 6.54 Å². The van der Waals surface area contributed by atoms with E-state index < -0.39 is 18.4 Å². The van der Waals surface area contributed by atoms with Gasteiger partial charge in [0.15, 0.2) is 12.4 Å². The third-order valence-corrected chi connectivity index (χ3v) is 9.41. The molecule has 2 N–H and O–H groups in total. The second-order valence-corrected chi connectivity index (χ2v) is 13.2. The Kier molecular flexibility index (Phi) is 12.1. The monoisotopic (exact) mass is 677 g/mol. The fourth-order valence-electron chi connectivity index (χ4n) is 6.62. The fraction of sp³-hybridized carbons (Fsp3) is 0.366. The van der Waals surface area contributed by atoms with Crippen LogP contribution in [0.15, 0.2) is 103 Å². The van der Waals surface area contributed by atoms with Crippen LogP contribution in [0.25, 0.3) is 11.1 Å². The lowest BCUT2D eigenvalue weighted by Gasteiger charge is -2.40. The normalized spacial score (nSPS) is 20.6. The smallest absolute Gasteiger partial charge is 0.303 e. The SMILES string of the molecule is CC(=O)O[C@@H](C)C(=O)NCc1cccc(-c2ccc([C@@H]3O[C@H](CN4CCN(Cc5ccccc5)CC4)C[C@H](c4ccc(CO)cc4)O3)cc2)c1. The second kappa shape index (κ2) is 17.0. The third kappa shape index (κ3) is 9.65. The molecule has 9 heteroatoms. The van der Waals surface area contributed by atoms with Crippen LogP contribution < -0.4 is 5.32 Å². The molecule has 1 amide bonds. The summed E-state index contributed by atoms with van der Waals surface area (Å²) in [4.78, 5) is 28.5. The minimum atomic E-state index is -0.846. The molecule has 4 atom stereocenters. The lowest BCUT2D eigenvalue weighted by molar-refractivity contribution is -0.253. The number of hydrogen-bond acceptors (Lipinski definition) is 8. The molecule has 4 aromatic carbocycles. The van der Waals surface area contributed by atoms with Crippen LogP contribution in [0.2, 0.25) is 0 Å². The first kappa shape index (κ1) is 35.4. The summed E-state index contributed by atoms with van der Waals surface area (Å²) in [6.45, 7) is 9.03. The number of carbonyl (C=O) groups excluding carboxylic acids is 2. The molecular formula is C41H47N3O6. The zero-order chi connectivity index (χ0) is 34.9. The van der Waals surface area contributed by atoms with Crippen LogP contribution in [0.4, 0.5) is 0 Å². The number of hydrogen-bond donors (Lipinski definition) is 2. The molecule has 0 aromatic heterocycles. The zero-order valence-corrected chi connectivity index (χ0v) is 28.9. The van der Waals surface area contributed by atoms with Gasteiger partial charge in [0.25, 0.3) is 5.91 Å². The molecule has 4 aromatic rings. The first-order valence-corrected chi connectivity index (χ1v) is 17.5. The zero-order valence-electron chi connectivity index (χ0n) is 28.9. The van der Waals surface area contributed by atoms with Crippen molar-refractivity contribution in [2.75, 3.05) is 32.7 Å². The Morgan fingerprint density at radius 1 is 0.800 bits per heavy atom. The number of amides is 1. The number of nitrogens with one attached hydrogen (secondary N) is 1. The highest BCUT2D eigenvalue weighted by Gasteiger charge is 2.34. The molecule has 9 nitrogen and oxygen atoms in total. The Bertz CT molecular complexity index is 1690. The molecule has 0 unspecified atom stereocenters. The molecular weight excluding hydrogens is 630 g/mol. The van der Waals surface area contributed by atoms with Gasteiger partial charge < -0.3 is 24.6 Å². The van der Waals surface area contributed by atoms with Gasteiger partial charge >= 0.3 is 5.97 Å². The van der Waals surface area contributed by atoms with Crippen molar-refractivity contribution in [1.29, 1.82) is 0 Å². The van der Waals surface area contributed by atoms with Crippen molar-refractivity contribution in [2.45, 2.75) is 64.6 Å². The van der Waals surface area contributed by atoms with Crippen LogP contribution >= 0.6 is 0 Å². The van der Waals surface area contributed by atoms with E-state index in [0.717, 1.165) is 79.1 Å². The van der Waals surface area contributed by atoms with E-state index in [-0.39, 0.29) is 24.7 Å². The quantitative estimate of drug-likeness (QED) is 0.182. The van der Waals surface area contributed by atoms with E-state index in [1.807, 2.05) is 48.5 Å². The van der Waals surface area contributed by atoms with Gasteiger partial charge in [-0.05, 0) is 46.4 Å². The molecule has 262 valence electrons. The lowest BCUT2D eigenvalue weighted by Crippen LogP contribution is -2.49. The highest BCUT2D eigenvalue weighted by molar-refractivity contribution is 5.82. The van der Waals surface area contributed by atoms with E-state index in [2.05, 4.69) is 69.7 Å². The predicted molar refractivity (Wildman–Crippen MR) is 192 cm³/mol. The summed E-state index contributed by atoms with van der Waals surface area (Å²) in [5.41, 5.74) is 7.25. The van der Waals surface area contributed by atoms with Crippen LogP contribution in [0.1, 0.15) is 60.5 Å². The maximum atomic E-state index is 12.3. The first-order chi connectivity index (χ1) is 24.3. The van der Waals surface area contributed by atoms with Gasteiger partial charge in [-0.1, -0.05) is 97.1 Å². The largest absolute Gasteiger partial charge is 0.453 e. The van der Waals surface area contributed by atoms with Crippen molar-refractivity contribution in [3.8, 4) is 11.1 Å². The van der Waals surface area contributed by atoms with Crippen molar-refractivity contribution >= 4 is 11.9 Å². The number of esters is 1. The van der Waals surface area contributed by atoms with E-state index in [1.165, 1.54) is 12.5 Å². The van der Waals surface area contributed by atoms with E-state index in [4.69, 9.17) is 14.2 Å². The van der Waals surface area contributed by atoms with Crippen LogP contribution in [-0.2, 0) is 43.5 Å². The lowest BCUT2D eigenvalue weighted by atomic mass is 9.98. The Balaban J connectivity index is 1.11. The summed E-state index contributed by atoms with van der Waals surface area (Å²) in [6, 6.07) is 34.9. The van der Waals surface area contributed by atoms with Crippen molar-refractivity contribution in [3.63, 3.8) is 0 Å². The Morgan fingerprint density at radius 2 is 1.48 bits per heavy atom. The number of benzene rings is 4. The fourth-order valence-corrected chi connectivity index (χ4v) is 6.62. The molecule has 2 heterocycles. The minimum absolute atomic E-state index is 0.00734. The molecule has 0 bridgehead atoms. The Morgan fingerprint density at radius 3 is 2.18 bits per heavy atom. The molecule has 0 saturated carbocycles. The highest BCUT2D eigenvalue weighted by atomic mass is 16.7. The predicted octanol–water partition coefficient (Wildman–Crippen LogP) is 5.78. The summed E-state index contributed by atoms with van der Waals surface area (Å²) < 4.78 is 18.3. The standard InChI is InChI=1S/C41H47N3O6/c1-29(48-30(2)46)40(47)42-25-33-9-6-10-37(23-33)34-15-17-36(18-16-34)41-49-38(24-39(50-41)35-13-11-32(28-45)12-14-35)27-44-21-19-43(20-22-44)26-31-7-4-3-5-8-31/h3-18,23,29,38-39,41,45H,19-22,24-28H2,1-2H3,(H,42,47)/t29-,38-,39+,41+/m0/s1. The maximum Gasteiger partial charge on any atom is 0.303 e. The Labute approximate surface area is 294 Å². The number of ether oxygens (including phenoxy) is 3. The summed E-state index contributed by atoms with van der Waals surface area (Å²) in [5.74, 6) is -0.827. The van der Waals surface area contributed by atoms with Gasteiger partial charge in [-0.2, -0.15) is 0 Å². The van der Waals surface area contributed by atoms with Crippen molar-refractivity contribution in [1.82, 2.24) is 15.1 Å². The number of rotatable bonds is 12. The molecule has 2 aliphatic rings. The molecule has 2 saturated heterocycles. The third-order valence-electron chi connectivity index (χ3n) is 9.41. The van der Waals surface area contributed by atoms with Gasteiger partial charge in [0, 0.05) is 64.7 Å². The van der Waals surface area contributed by atoms with E-state index in [1.54, 1.807) is 6.92 Å². The first-order valence-electron chi connectivity index (χ1n) is 17.5. The highest BCUT2D eigenvalue weighted by Crippen LogP contribution is 2.39. The second-order valence-electron chi connectivity index (χ2n) is 13.2. The van der Waals surface area contributed by atoms with Crippen LogP contribution in [0.5, 0.6) is 0 Å². The average Bonchev–Trinajstić information content (AvgIpc) is 3.15. The number of aliphatic hydroxyl groups is 1. The van der Waals surface area contributed by atoms with Gasteiger partial charge in [-0.25, -0.2) is 0 Å². The van der Waals surface area contributed by atoms with Gasteiger partial charge in [-0.15, -0.1) is 0 Å². The number of nitrogens with zero attached hydrogens (tertiary/aromatic N) is 2. The van der Waals surface area contributed by atoms with Gasteiger partial charge in [0.05, 0.1) is 18.8 Å². The molecule has 6 rings (SSSR count). The maximum absolute atomic E-state index is 12.3. The van der Waals surface area contributed by atoms with Crippen molar-refractivity contribution in [2.24, 2.45) is 0 Å². The van der Waals surface area contributed by atoms with Gasteiger partial charge in [-0.3, -0.25) is 19.4 Å². The number of carbonyl (C=O) groups is 2. The van der Waals surface area contributed by atoms with Crippen molar-refractivity contribution in [3.05, 3.63) is 131 Å². The van der Waals surface area contributed by atoms with Crippen LogP contribution in [0.3, 0.4) is 0 Å². The van der Waals surface area contributed by atoms with Gasteiger partial charge in [0.1, 0.15) is 0 Å². The van der Waals surface area contributed by atoms with Gasteiger partial charge in [0.2, 0.25) is 0 Å². The summed E-state index contributed by atoms with van der Waals surface area (Å²) in [6.07, 6.45) is -0.763. The number of piperazine rings is 1. The van der Waals surface area contributed by atoms with E-state index in [9.17, 15) is 14.7 Å².